The van der Waals surface area contributed by atoms with Crippen LogP contribution < -0.4 is 27.3 Å². The summed E-state index contributed by atoms with van der Waals surface area (Å²) in [6, 6.07) is 5.83. The average Bonchev–Trinajstić information content (AvgIpc) is 3.18. The molecule has 2 rings (SSSR count). The van der Waals surface area contributed by atoms with Crippen molar-refractivity contribution in [3.05, 3.63) is 66.0 Å². The number of hydrazine groups is 1. The second-order valence-corrected chi connectivity index (χ2v) is 9.92. The lowest BCUT2D eigenvalue weighted by Gasteiger charge is -2.35. The number of hydrogen-bond donors (Lipinski definition) is 4. The van der Waals surface area contributed by atoms with Gasteiger partial charge in [-0.3, -0.25) is 24.2 Å². The summed E-state index contributed by atoms with van der Waals surface area (Å²) in [4.78, 5) is 55.2. The maximum absolute atomic E-state index is 14.3. The number of amides is 5. The molecule has 0 aromatic heterocycles. The van der Waals surface area contributed by atoms with E-state index in [-0.39, 0.29) is 25.2 Å². The summed E-state index contributed by atoms with van der Waals surface area (Å²) in [5, 5.41) is 5.95. The highest BCUT2D eigenvalue weighted by molar-refractivity contribution is 6.16. The third-order valence-electron chi connectivity index (χ3n) is 7.28. The largest absolute Gasteiger partial charge is 0.416 e. The molecule has 0 aliphatic carbocycles. The standard InChI is InChI=1S/C28H36F4N8O4/c1-6-19(28(30,31)32)10-13-21(29)17(3)24(42)35-16-22(41)38(4)15-14-27(7-2)25(43)39(5)26(44)40(27)20-11-8-18(9-12-20)23(33)36-37-34/h6,8-13,17,37H,1,7,14-16,34H2,2-5H3,(H2,33,36)(H,35,42)/b19-10+,21-13+. The Labute approximate surface area is 252 Å². The second kappa shape index (κ2) is 14.6. The van der Waals surface area contributed by atoms with E-state index in [9.17, 15) is 36.7 Å². The summed E-state index contributed by atoms with van der Waals surface area (Å²) in [7, 11) is 2.79. The molecule has 0 spiro atoms. The van der Waals surface area contributed by atoms with Crippen molar-refractivity contribution in [2.24, 2.45) is 22.6 Å². The van der Waals surface area contributed by atoms with Gasteiger partial charge in [-0.2, -0.15) is 13.2 Å². The minimum Gasteiger partial charge on any atom is -0.382 e. The van der Waals surface area contributed by atoms with E-state index >= 15 is 0 Å². The van der Waals surface area contributed by atoms with Crippen molar-refractivity contribution in [2.45, 2.75) is 38.4 Å². The number of nitrogens with two attached hydrogens (primary N) is 2. The molecule has 2 atom stereocenters. The van der Waals surface area contributed by atoms with E-state index in [4.69, 9.17) is 11.6 Å². The number of imide groups is 1. The molecular formula is C28H36F4N8O4. The number of anilines is 1. The first-order valence-corrected chi connectivity index (χ1v) is 13.4. The SMILES string of the molecule is C=C/C(=C\C=C(\F)C(C)C(=O)NCC(=O)N(C)CCC1(CC)C(=O)N(C)C(=O)N1c1ccc(/C(N)=N/NN)cc1)C(F)(F)F. The van der Waals surface area contributed by atoms with Gasteiger partial charge in [0.05, 0.1) is 18.0 Å². The fourth-order valence-electron chi connectivity index (χ4n) is 4.45. The Kier molecular flexibility index (Phi) is 11.8. The van der Waals surface area contributed by atoms with Crippen LogP contribution in [0.2, 0.25) is 0 Å². The monoisotopic (exact) mass is 624 g/mol. The molecule has 240 valence electrons. The maximum atomic E-state index is 14.3. The van der Waals surface area contributed by atoms with Crippen LogP contribution in [0.3, 0.4) is 0 Å². The second-order valence-electron chi connectivity index (χ2n) is 9.92. The molecule has 2 unspecified atom stereocenters. The molecule has 0 bridgehead atoms. The highest BCUT2D eigenvalue weighted by atomic mass is 19.4. The Morgan fingerprint density at radius 3 is 2.34 bits per heavy atom. The molecule has 1 aliphatic heterocycles. The van der Waals surface area contributed by atoms with Crippen LogP contribution in [0.25, 0.3) is 0 Å². The predicted octanol–water partition coefficient (Wildman–Crippen LogP) is 2.45. The number of allylic oxidation sites excluding steroid dienone is 4. The summed E-state index contributed by atoms with van der Waals surface area (Å²) in [5.74, 6) is 0.657. The van der Waals surface area contributed by atoms with Crippen molar-refractivity contribution in [1.29, 1.82) is 0 Å². The van der Waals surface area contributed by atoms with E-state index in [1.165, 1.54) is 23.9 Å². The number of hydrazone groups is 1. The fourth-order valence-corrected chi connectivity index (χ4v) is 4.45. The average molecular weight is 625 g/mol. The molecule has 44 heavy (non-hydrogen) atoms. The Bertz CT molecular complexity index is 1360. The van der Waals surface area contributed by atoms with Crippen LogP contribution >= 0.6 is 0 Å². The Balaban J connectivity index is 2.13. The van der Waals surface area contributed by atoms with Crippen LogP contribution in [0.15, 0.2) is 65.6 Å². The van der Waals surface area contributed by atoms with Gasteiger partial charge in [-0.25, -0.2) is 20.6 Å². The van der Waals surface area contributed by atoms with Gasteiger partial charge in [0.2, 0.25) is 11.8 Å². The van der Waals surface area contributed by atoms with Crippen LogP contribution in [0, 0.1) is 5.92 Å². The predicted molar refractivity (Wildman–Crippen MR) is 156 cm³/mol. The van der Waals surface area contributed by atoms with Crippen molar-refractivity contribution in [3.8, 4) is 0 Å². The van der Waals surface area contributed by atoms with Crippen molar-refractivity contribution in [1.82, 2.24) is 20.7 Å². The molecule has 1 aliphatic rings. The maximum Gasteiger partial charge on any atom is 0.416 e. The van der Waals surface area contributed by atoms with Crippen molar-refractivity contribution in [3.63, 3.8) is 0 Å². The molecule has 1 aromatic rings. The summed E-state index contributed by atoms with van der Waals surface area (Å²) >= 11 is 0. The number of likely N-dealkylation sites (N-methyl/N-ethyl adjacent to an activating group) is 2. The van der Waals surface area contributed by atoms with Crippen molar-refractivity contribution >= 4 is 35.3 Å². The van der Waals surface area contributed by atoms with E-state index in [2.05, 4.69) is 22.5 Å². The third kappa shape index (κ3) is 7.80. The van der Waals surface area contributed by atoms with Gasteiger partial charge in [-0.15, -0.1) is 5.10 Å². The minimum absolute atomic E-state index is 0.00213. The number of urea groups is 1. The van der Waals surface area contributed by atoms with Gasteiger partial charge in [0.15, 0.2) is 5.84 Å². The topological polar surface area (TPSA) is 166 Å². The normalized spacial score (nSPS) is 18.8. The number of halogens is 4. The molecule has 6 N–H and O–H groups in total. The van der Waals surface area contributed by atoms with E-state index in [1.54, 1.807) is 31.2 Å². The van der Waals surface area contributed by atoms with Gasteiger partial charge in [0, 0.05) is 31.9 Å². The number of nitrogens with one attached hydrogen (secondary N) is 2. The van der Waals surface area contributed by atoms with E-state index < -0.39 is 59.3 Å². The molecule has 0 saturated carbocycles. The molecular weight excluding hydrogens is 588 g/mol. The first kappa shape index (κ1) is 35.5. The lowest BCUT2D eigenvalue weighted by molar-refractivity contribution is -0.134. The van der Waals surface area contributed by atoms with Crippen LogP contribution in [0.5, 0.6) is 0 Å². The minimum atomic E-state index is -4.74. The Morgan fingerprint density at radius 2 is 1.82 bits per heavy atom. The van der Waals surface area contributed by atoms with Crippen LogP contribution in [0.1, 0.15) is 32.3 Å². The van der Waals surface area contributed by atoms with Gasteiger partial charge in [-0.05, 0) is 56.2 Å². The molecule has 5 amide bonds. The van der Waals surface area contributed by atoms with Crippen molar-refractivity contribution < 1.29 is 36.7 Å². The molecule has 12 nitrogen and oxygen atoms in total. The van der Waals surface area contributed by atoms with Crippen LogP contribution in [-0.2, 0) is 14.4 Å². The molecule has 1 heterocycles. The smallest absolute Gasteiger partial charge is 0.382 e. The van der Waals surface area contributed by atoms with Gasteiger partial charge in [0.1, 0.15) is 11.4 Å². The van der Waals surface area contributed by atoms with Crippen LogP contribution in [-0.4, -0.2) is 78.3 Å². The van der Waals surface area contributed by atoms with E-state index in [0.717, 1.165) is 11.8 Å². The van der Waals surface area contributed by atoms with Gasteiger partial charge >= 0.3 is 12.2 Å². The summed E-state index contributed by atoms with van der Waals surface area (Å²) in [5.41, 5.74) is 6.30. The summed E-state index contributed by atoms with van der Waals surface area (Å²) < 4.78 is 52.7. The molecule has 0 radical (unpaired) electrons. The van der Waals surface area contributed by atoms with Crippen molar-refractivity contribution in [2.75, 3.05) is 32.1 Å². The van der Waals surface area contributed by atoms with Crippen LogP contribution in [0.4, 0.5) is 28.0 Å². The lowest BCUT2D eigenvalue weighted by atomic mass is 9.89. The van der Waals surface area contributed by atoms with Gasteiger partial charge in [-0.1, -0.05) is 19.6 Å². The highest BCUT2D eigenvalue weighted by Crippen LogP contribution is 2.38. The fraction of sp³-hybridized carbons (Fsp3) is 0.393. The number of alkyl halides is 3. The molecule has 1 saturated heterocycles. The quantitative estimate of drug-likeness (QED) is 0.0498. The zero-order valence-electron chi connectivity index (χ0n) is 24.7. The first-order chi connectivity index (χ1) is 20.5. The zero-order valence-corrected chi connectivity index (χ0v) is 24.7. The summed E-state index contributed by atoms with van der Waals surface area (Å²) in [6.07, 6.45) is -2.99. The Hall–Kier alpha value is -4.73. The van der Waals surface area contributed by atoms with Gasteiger partial charge < -0.3 is 16.0 Å². The zero-order chi connectivity index (χ0) is 33.4. The number of amidine groups is 1. The first-order valence-electron chi connectivity index (χ1n) is 13.4. The number of carbonyl (C=O) groups is 4. The molecule has 1 fully saturated rings. The molecule has 16 heteroatoms. The summed E-state index contributed by atoms with van der Waals surface area (Å²) in [6.45, 7) is 5.36. The number of rotatable bonds is 13. The van der Waals surface area contributed by atoms with Gasteiger partial charge in [0.25, 0.3) is 5.91 Å². The van der Waals surface area contributed by atoms with E-state index in [0.29, 0.717) is 29.5 Å². The number of carbonyl (C=O) groups excluding carboxylic acids is 4. The Morgan fingerprint density at radius 1 is 1.20 bits per heavy atom. The van der Waals surface area contributed by atoms with E-state index in [1.807, 2.05) is 0 Å². The highest BCUT2D eigenvalue weighted by Gasteiger charge is 2.55. The number of hydrogen-bond acceptors (Lipinski definition) is 7. The lowest BCUT2D eigenvalue weighted by Crippen LogP contribution is -2.52. The number of benzene rings is 1. The third-order valence-corrected chi connectivity index (χ3v) is 7.28. The number of nitrogens with zero attached hydrogens (tertiary/aromatic N) is 4. The molecule has 1 aromatic carbocycles.